The molecule has 2 rings (SSSR count). The van der Waals surface area contributed by atoms with Gasteiger partial charge in [0, 0.05) is 13.1 Å². The molecule has 0 bridgehead atoms. The summed E-state index contributed by atoms with van der Waals surface area (Å²) in [5.74, 6) is 0. The van der Waals surface area contributed by atoms with Crippen molar-refractivity contribution in [2.45, 2.75) is 32.9 Å². The van der Waals surface area contributed by atoms with Crippen molar-refractivity contribution in [3.05, 3.63) is 83.9 Å². The summed E-state index contributed by atoms with van der Waals surface area (Å²) in [6.45, 7) is 13.0. The summed E-state index contributed by atoms with van der Waals surface area (Å²) in [6.07, 6.45) is 6.26. The van der Waals surface area contributed by atoms with Gasteiger partial charge in [0.15, 0.2) is 0 Å². The van der Waals surface area contributed by atoms with Crippen LogP contribution in [0.15, 0.2) is 61.7 Å². The van der Waals surface area contributed by atoms with E-state index in [9.17, 15) is 0 Å². The van der Waals surface area contributed by atoms with Crippen molar-refractivity contribution < 1.29 is 0 Å². The lowest BCUT2D eigenvalue weighted by Gasteiger charge is -2.23. The minimum absolute atomic E-state index is 0.972. The lowest BCUT2D eigenvalue weighted by Crippen LogP contribution is -2.24. The van der Waals surface area contributed by atoms with Crippen molar-refractivity contribution in [3.63, 3.8) is 0 Å². The standard InChI is InChI=1S/C22H27N/c1-4-7-14-23(17-21-12-8-10-19(5-2)15-21)18-22-13-9-11-20(6-3)16-22/h5-6,8-13,15-16H,2-4,7,14,17-18H2,1H3. The summed E-state index contributed by atoms with van der Waals surface area (Å²) in [5.41, 5.74) is 5.06. The molecule has 0 aliphatic rings. The van der Waals surface area contributed by atoms with Gasteiger partial charge in [-0.15, -0.1) is 0 Å². The van der Waals surface area contributed by atoms with Crippen molar-refractivity contribution in [2.75, 3.05) is 6.54 Å². The molecule has 2 aromatic carbocycles. The fourth-order valence-electron chi connectivity index (χ4n) is 2.75. The van der Waals surface area contributed by atoms with Crippen LogP contribution in [0.25, 0.3) is 12.2 Å². The molecule has 0 amide bonds. The van der Waals surface area contributed by atoms with Crippen molar-refractivity contribution in [1.29, 1.82) is 0 Å². The van der Waals surface area contributed by atoms with E-state index in [0.29, 0.717) is 0 Å². The maximum atomic E-state index is 3.86. The lowest BCUT2D eigenvalue weighted by molar-refractivity contribution is 0.252. The zero-order valence-corrected chi connectivity index (χ0v) is 14.2. The van der Waals surface area contributed by atoms with E-state index in [4.69, 9.17) is 0 Å². The Hall–Kier alpha value is -2.12. The zero-order chi connectivity index (χ0) is 16.5. The Morgan fingerprint density at radius 2 is 1.39 bits per heavy atom. The summed E-state index contributed by atoms with van der Waals surface area (Å²) in [4.78, 5) is 2.52. The molecular formula is C22H27N. The molecular weight excluding hydrogens is 278 g/mol. The molecule has 0 heterocycles. The van der Waals surface area contributed by atoms with Crippen molar-refractivity contribution in [1.82, 2.24) is 4.90 Å². The van der Waals surface area contributed by atoms with E-state index in [1.54, 1.807) is 0 Å². The molecule has 0 N–H and O–H groups in total. The highest BCUT2D eigenvalue weighted by Gasteiger charge is 2.07. The lowest BCUT2D eigenvalue weighted by atomic mass is 10.1. The van der Waals surface area contributed by atoms with Gasteiger partial charge < -0.3 is 0 Å². The number of rotatable bonds is 9. The molecule has 0 saturated heterocycles. The van der Waals surface area contributed by atoms with Crippen LogP contribution in [-0.4, -0.2) is 11.4 Å². The molecule has 0 aliphatic heterocycles. The van der Waals surface area contributed by atoms with Crippen molar-refractivity contribution in [2.24, 2.45) is 0 Å². The van der Waals surface area contributed by atoms with Crippen molar-refractivity contribution >= 4 is 12.2 Å². The Labute approximate surface area is 141 Å². The smallest absolute Gasteiger partial charge is 0.0237 e. The van der Waals surface area contributed by atoms with Crippen molar-refractivity contribution in [3.8, 4) is 0 Å². The summed E-state index contributed by atoms with van der Waals surface area (Å²) < 4.78 is 0. The van der Waals surface area contributed by atoms with Crippen LogP contribution in [0.4, 0.5) is 0 Å². The zero-order valence-electron chi connectivity index (χ0n) is 14.2. The van der Waals surface area contributed by atoms with E-state index in [-0.39, 0.29) is 0 Å². The Morgan fingerprint density at radius 1 is 0.870 bits per heavy atom. The molecule has 0 aromatic heterocycles. The number of hydrogen-bond acceptors (Lipinski definition) is 1. The first kappa shape index (κ1) is 17.2. The number of hydrogen-bond donors (Lipinski definition) is 0. The second-order valence-electron chi connectivity index (χ2n) is 5.96. The van der Waals surface area contributed by atoms with Crippen LogP contribution < -0.4 is 0 Å². The van der Waals surface area contributed by atoms with E-state index >= 15 is 0 Å². The Bertz CT molecular complexity index is 588. The van der Waals surface area contributed by atoms with Crippen LogP contribution >= 0.6 is 0 Å². The van der Waals surface area contributed by atoms with Crippen LogP contribution in [0.3, 0.4) is 0 Å². The first-order valence-corrected chi connectivity index (χ1v) is 8.40. The summed E-state index contributed by atoms with van der Waals surface area (Å²) in [7, 11) is 0. The maximum Gasteiger partial charge on any atom is 0.0237 e. The fourth-order valence-corrected chi connectivity index (χ4v) is 2.75. The molecule has 0 spiro atoms. The van der Waals surface area contributed by atoms with Crippen LogP contribution in [-0.2, 0) is 13.1 Å². The Balaban J connectivity index is 2.11. The average molecular weight is 305 g/mol. The molecule has 23 heavy (non-hydrogen) atoms. The highest BCUT2D eigenvalue weighted by atomic mass is 15.1. The predicted molar refractivity (Wildman–Crippen MR) is 102 cm³/mol. The van der Waals surface area contributed by atoms with Crippen LogP contribution in [0, 0.1) is 0 Å². The molecule has 0 saturated carbocycles. The molecule has 0 radical (unpaired) electrons. The molecule has 1 nitrogen and oxygen atoms in total. The second kappa shape index (κ2) is 9.12. The summed E-state index contributed by atoms with van der Waals surface area (Å²) in [6, 6.07) is 17.3. The van der Waals surface area contributed by atoms with E-state index in [1.807, 2.05) is 12.2 Å². The van der Waals surface area contributed by atoms with Gasteiger partial charge in [0.05, 0.1) is 0 Å². The van der Waals surface area contributed by atoms with Gasteiger partial charge in [-0.3, -0.25) is 4.90 Å². The molecule has 0 atom stereocenters. The molecule has 0 unspecified atom stereocenters. The van der Waals surface area contributed by atoms with Crippen LogP contribution in [0.5, 0.6) is 0 Å². The fraction of sp³-hybridized carbons (Fsp3) is 0.273. The highest BCUT2D eigenvalue weighted by molar-refractivity contribution is 5.48. The quantitative estimate of drug-likeness (QED) is 0.568. The molecule has 0 aliphatic carbocycles. The third kappa shape index (κ3) is 5.54. The molecule has 2 aromatic rings. The van der Waals surface area contributed by atoms with Gasteiger partial charge in [0.1, 0.15) is 0 Å². The minimum atomic E-state index is 0.972. The maximum absolute atomic E-state index is 3.86. The van der Waals surface area contributed by atoms with Gasteiger partial charge in [-0.25, -0.2) is 0 Å². The van der Waals surface area contributed by atoms with Crippen LogP contribution in [0.1, 0.15) is 42.0 Å². The van der Waals surface area contributed by atoms with E-state index in [1.165, 1.54) is 35.1 Å². The van der Waals surface area contributed by atoms with E-state index in [2.05, 4.69) is 73.5 Å². The third-order valence-corrected chi connectivity index (χ3v) is 4.01. The average Bonchev–Trinajstić information content (AvgIpc) is 2.60. The van der Waals surface area contributed by atoms with Gasteiger partial charge >= 0.3 is 0 Å². The number of benzene rings is 2. The van der Waals surface area contributed by atoms with Gasteiger partial charge in [-0.05, 0) is 35.2 Å². The normalized spacial score (nSPS) is 10.7. The minimum Gasteiger partial charge on any atom is -0.295 e. The summed E-state index contributed by atoms with van der Waals surface area (Å²) >= 11 is 0. The molecule has 120 valence electrons. The Kier molecular flexibility index (Phi) is 6.83. The van der Waals surface area contributed by atoms with Gasteiger partial charge in [-0.1, -0.05) is 87.2 Å². The SMILES string of the molecule is C=Cc1cccc(CN(CCCC)Cc2cccc(C=C)c2)c1. The van der Waals surface area contributed by atoms with Gasteiger partial charge in [0.25, 0.3) is 0 Å². The largest absolute Gasteiger partial charge is 0.295 e. The first-order chi connectivity index (χ1) is 11.2. The summed E-state index contributed by atoms with van der Waals surface area (Å²) in [5, 5.41) is 0. The third-order valence-electron chi connectivity index (χ3n) is 4.01. The number of unbranched alkanes of at least 4 members (excludes halogenated alkanes) is 1. The molecule has 0 fully saturated rings. The highest BCUT2D eigenvalue weighted by Crippen LogP contribution is 2.15. The van der Waals surface area contributed by atoms with E-state index in [0.717, 1.165) is 19.6 Å². The monoisotopic (exact) mass is 305 g/mol. The first-order valence-electron chi connectivity index (χ1n) is 8.40. The topological polar surface area (TPSA) is 3.24 Å². The molecule has 1 heteroatoms. The van der Waals surface area contributed by atoms with Gasteiger partial charge in [-0.2, -0.15) is 0 Å². The van der Waals surface area contributed by atoms with Gasteiger partial charge in [0.2, 0.25) is 0 Å². The second-order valence-corrected chi connectivity index (χ2v) is 5.96. The van der Waals surface area contributed by atoms with E-state index < -0.39 is 0 Å². The van der Waals surface area contributed by atoms with Crippen LogP contribution in [0.2, 0.25) is 0 Å². The number of nitrogens with zero attached hydrogens (tertiary/aromatic N) is 1. The predicted octanol–water partition coefficient (Wildman–Crippen LogP) is 5.77. The Morgan fingerprint density at radius 3 is 1.83 bits per heavy atom.